The Balaban J connectivity index is 2.93. The molecule has 0 aliphatic heterocycles. The van der Waals surface area contributed by atoms with E-state index in [9.17, 15) is 4.39 Å². The number of hydrogen-bond acceptors (Lipinski definition) is 0. The molecule has 0 atom stereocenters. The van der Waals surface area contributed by atoms with Crippen LogP contribution in [-0.2, 0) is 0 Å². The van der Waals surface area contributed by atoms with Gasteiger partial charge in [0.2, 0.25) is 0 Å². The molecule has 0 bridgehead atoms. The molecule has 66 valence electrons. The second-order valence-electron chi connectivity index (χ2n) is 2.96. The summed E-state index contributed by atoms with van der Waals surface area (Å²) in [7, 11) is 0. The Bertz CT molecular complexity index is 244. The van der Waals surface area contributed by atoms with E-state index in [4.69, 9.17) is 0 Å². The second-order valence-corrected chi connectivity index (χ2v) is 2.96. The van der Waals surface area contributed by atoms with Gasteiger partial charge in [-0.3, -0.25) is 0 Å². The lowest BCUT2D eigenvalue weighted by Crippen LogP contribution is -1.81. The lowest BCUT2D eigenvalue weighted by Gasteiger charge is -1.99. The third-order valence-electron chi connectivity index (χ3n) is 2.13. The van der Waals surface area contributed by atoms with Crippen molar-refractivity contribution in [2.45, 2.75) is 33.1 Å². The van der Waals surface area contributed by atoms with Crippen molar-refractivity contribution in [1.82, 2.24) is 0 Å². The molecule has 1 aliphatic rings. The Labute approximate surface area is 73.5 Å². The minimum absolute atomic E-state index is 0.0252. The van der Waals surface area contributed by atoms with Gasteiger partial charge in [-0.2, -0.15) is 0 Å². The zero-order valence-corrected chi connectivity index (χ0v) is 7.73. The van der Waals surface area contributed by atoms with Crippen LogP contribution in [-0.4, -0.2) is 0 Å². The molecule has 0 saturated heterocycles. The molecule has 0 saturated carbocycles. The molecule has 1 rings (SSSR count). The van der Waals surface area contributed by atoms with Gasteiger partial charge in [-0.1, -0.05) is 32.1 Å². The summed E-state index contributed by atoms with van der Waals surface area (Å²) < 4.78 is 13.2. The van der Waals surface area contributed by atoms with E-state index in [-0.39, 0.29) is 5.83 Å². The number of allylic oxidation sites excluding steroid dienone is 6. The van der Waals surface area contributed by atoms with E-state index >= 15 is 0 Å². The van der Waals surface area contributed by atoms with Crippen molar-refractivity contribution in [3.05, 3.63) is 35.2 Å². The monoisotopic (exact) mass is 166 g/mol. The van der Waals surface area contributed by atoms with Crippen LogP contribution in [0.25, 0.3) is 0 Å². The third-order valence-corrected chi connectivity index (χ3v) is 2.13. The normalized spacial score (nSPS) is 17.8. The Hall–Kier alpha value is -0.850. The van der Waals surface area contributed by atoms with Gasteiger partial charge < -0.3 is 0 Å². The van der Waals surface area contributed by atoms with Gasteiger partial charge in [0.1, 0.15) is 5.83 Å². The smallest absolute Gasteiger partial charge is 0.107 e. The van der Waals surface area contributed by atoms with E-state index in [0.29, 0.717) is 6.42 Å². The highest BCUT2D eigenvalue weighted by Gasteiger charge is 2.04. The van der Waals surface area contributed by atoms with E-state index in [1.165, 1.54) is 5.57 Å². The molecule has 0 amide bonds. The highest BCUT2D eigenvalue weighted by atomic mass is 19.1. The van der Waals surface area contributed by atoms with E-state index < -0.39 is 0 Å². The van der Waals surface area contributed by atoms with Crippen molar-refractivity contribution in [3.8, 4) is 0 Å². The van der Waals surface area contributed by atoms with E-state index in [2.05, 4.69) is 6.92 Å². The first kappa shape index (κ1) is 9.24. The topological polar surface area (TPSA) is 0 Å². The van der Waals surface area contributed by atoms with Gasteiger partial charge >= 0.3 is 0 Å². The predicted octanol–water partition coefficient (Wildman–Crippen LogP) is 3.92. The van der Waals surface area contributed by atoms with Crippen LogP contribution in [0.5, 0.6) is 0 Å². The maximum atomic E-state index is 13.2. The number of rotatable bonds is 2. The van der Waals surface area contributed by atoms with E-state index in [0.717, 1.165) is 18.4 Å². The lowest BCUT2D eigenvalue weighted by molar-refractivity contribution is 0.605. The molecule has 12 heavy (non-hydrogen) atoms. The van der Waals surface area contributed by atoms with Crippen molar-refractivity contribution in [3.63, 3.8) is 0 Å². The third kappa shape index (κ3) is 2.07. The van der Waals surface area contributed by atoms with Gasteiger partial charge in [-0.05, 0) is 24.0 Å². The van der Waals surface area contributed by atoms with Crippen LogP contribution in [0.4, 0.5) is 4.39 Å². The molecule has 1 heteroatoms. The van der Waals surface area contributed by atoms with Gasteiger partial charge in [0.15, 0.2) is 0 Å². The fourth-order valence-electron chi connectivity index (χ4n) is 1.31. The van der Waals surface area contributed by atoms with Crippen LogP contribution in [0, 0.1) is 0 Å². The van der Waals surface area contributed by atoms with Gasteiger partial charge in [-0.25, -0.2) is 4.39 Å². The van der Waals surface area contributed by atoms with E-state index in [1.54, 1.807) is 0 Å². The van der Waals surface area contributed by atoms with Gasteiger partial charge in [0, 0.05) is 6.42 Å². The molecule has 0 spiro atoms. The summed E-state index contributed by atoms with van der Waals surface area (Å²) in [6.07, 6.45) is 8.11. The fourth-order valence-corrected chi connectivity index (χ4v) is 1.31. The average molecular weight is 166 g/mol. The Morgan fingerprint density at radius 1 is 1.33 bits per heavy atom. The zero-order chi connectivity index (χ0) is 8.97. The van der Waals surface area contributed by atoms with E-state index in [1.807, 2.05) is 25.2 Å². The highest BCUT2D eigenvalue weighted by molar-refractivity contribution is 5.35. The Morgan fingerprint density at radius 2 is 2.08 bits per heavy atom. The molecule has 0 aromatic carbocycles. The summed E-state index contributed by atoms with van der Waals surface area (Å²) in [6.45, 7) is 4.08. The highest BCUT2D eigenvalue weighted by Crippen LogP contribution is 2.22. The second kappa shape index (κ2) is 4.24. The van der Waals surface area contributed by atoms with Crippen LogP contribution in [0.15, 0.2) is 35.2 Å². The van der Waals surface area contributed by atoms with Crippen LogP contribution in [0.2, 0.25) is 0 Å². The minimum atomic E-state index is 0.0252. The number of hydrogen-bond donors (Lipinski definition) is 0. The first-order valence-electron chi connectivity index (χ1n) is 4.52. The van der Waals surface area contributed by atoms with Crippen LogP contribution >= 0.6 is 0 Å². The van der Waals surface area contributed by atoms with Crippen LogP contribution < -0.4 is 0 Å². The molecule has 0 radical (unpaired) electrons. The minimum Gasteiger partial charge on any atom is -0.211 e. The average Bonchev–Trinajstić information content (AvgIpc) is 2.27. The van der Waals surface area contributed by atoms with Gasteiger partial charge in [0.25, 0.3) is 0 Å². The SMILES string of the molecule is CCC1=CC(CC)=C(F)CC=C1. The maximum absolute atomic E-state index is 13.2. The molecule has 0 nitrogen and oxygen atoms in total. The largest absolute Gasteiger partial charge is 0.211 e. The van der Waals surface area contributed by atoms with Crippen molar-refractivity contribution in [1.29, 1.82) is 0 Å². The van der Waals surface area contributed by atoms with Crippen LogP contribution in [0.3, 0.4) is 0 Å². The zero-order valence-electron chi connectivity index (χ0n) is 7.73. The molecule has 0 heterocycles. The summed E-state index contributed by atoms with van der Waals surface area (Å²) >= 11 is 0. The molecular formula is C11H15F. The molecule has 1 aliphatic carbocycles. The lowest BCUT2D eigenvalue weighted by atomic mass is 10.1. The summed E-state index contributed by atoms with van der Waals surface area (Å²) in [6, 6.07) is 0. The summed E-state index contributed by atoms with van der Waals surface area (Å²) in [5, 5.41) is 0. The first-order valence-corrected chi connectivity index (χ1v) is 4.52. The summed E-state index contributed by atoms with van der Waals surface area (Å²) in [5.41, 5.74) is 2.08. The predicted molar refractivity (Wildman–Crippen MR) is 50.6 cm³/mol. The molecule has 0 aromatic heterocycles. The molecular weight excluding hydrogens is 151 g/mol. The number of halogens is 1. The summed E-state index contributed by atoms with van der Waals surface area (Å²) in [4.78, 5) is 0. The molecule has 0 N–H and O–H groups in total. The molecule has 0 unspecified atom stereocenters. The molecule has 0 fully saturated rings. The Kier molecular flexibility index (Phi) is 3.27. The van der Waals surface area contributed by atoms with Crippen molar-refractivity contribution in [2.75, 3.05) is 0 Å². The van der Waals surface area contributed by atoms with Crippen LogP contribution in [0.1, 0.15) is 33.1 Å². The van der Waals surface area contributed by atoms with Gasteiger partial charge in [0.05, 0.1) is 0 Å². The summed E-state index contributed by atoms with van der Waals surface area (Å²) in [5.74, 6) is 0.0252. The van der Waals surface area contributed by atoms with Crippen molar-refractivity contribution >= 4 is 0 Å². The maximum Gasteiger partial charge on any atom is 0.107 e. The van der Waals surface area contributed by atoms with Crippen molar-refractivity contribution < 1.29 is 4.39 Å². The quantitative estimate of drug-likeness (QED) is 0.583. The first-order chi connectivity index (χ1) is 5.77. The Morgan fingerprint density at radius 3 is 2.67 bits per heavy atom. The molecule has 0 aromatic rings. The van der Waals surface area contributed by atoms with Crippen molar-refractivity contribution in [2.24, 2.45) is 0 Å². The van der Waals surface area contributed by atoms with Gasteiger partial charge in [-0.15, -0.1) is 0 Å². The standard InChI is InChI=1S/C11H15F/c1-3-9-6-5-7-11(12)10(4-2)8-9/h5-6,8H,3-4,7H2,1-2H3. The fraction of sp³-hybridized carbons (Fsp3) is 0.455.